The van der Waals surface area contributed by atoms with Gasteiger partial charge in [-0.05, 0) is 36.2 Å². The molecule has 0 aliphatic carbocycles. The Balaban J connectivity index is 0.00000408. The number of methoxy groups -OCH3 is 3. The Morgan fingerprint density at radius 2 is 1.41 bits per heavy atom. The number of para-hydroxylation sites is 1. The minimum Gasteiger partial charge on any atom is -0.736 e. The zero-order valence-corrected chi connectivity index (χ0v) is 22.4. The first-order chi connectivity index (χ1) is 15.8. The molecule has 0 fully saturated rings. The molecule has 8 nitrogen and oxygen atoms in total. The molecule has 0 radical (unpaired) electrons. The van der Waals surface area contributed by atoms with E-state index in [0.717, 1.165) is 5.56 Å². The Kier molecular flexibility index (Phi) is 10.5. The van der Waals surface area contributed by atoms with Gasteiger partial charge >= 0.3 is 37.4 Å². The molecule has 0 aliphatic rings. The van der Waals surface area contributed by atoms with Gasteiger partial charge in [-0.15, -0.1) is 0 Å². The fourth-order valence-electron chi connectivity index (χ4n) is 3.12. The summed E-state index contributed by atoms with van der Waals surface area (Å²) in [7, 11) is -0.527. The SMILES string of the molecule is COc1ccc(CCC(=O)c2c(OC)cc(OC)cc2OP(=O)([O-])Oc2ccccc2)cc1.[Na+]. The Hall–Kier alpha value is -2.48. The predicted molar refractivity (Wildman–Crippen MR) is 120 cm³/mol. The quantitative estimate of drug-likeness (QED) is 0.224. The van der Waals surface area contributed by atoms with Gasteiger partial charge in [0.15, 0.2) is 5.78 Å². The number of phosphoric ester groups is 1. The Bertz CT molecular complexity index is 1140. The molecule has 0 amide bonds. The largest absolute Gasteiger partial charge is 1.00 e. The van der Waals surface area contributed by atoms with Crippen LogP contribution in [-0.2, 0) is 11.0 Å². The summed E-state index contributed by atoms with van der Waals surface area (Å²) in [4.78, 5) is 25.7. The van der Waals surface area contributed by atoms with Crippen molar-refractivity contribution in [3.63, 3.8) is 0 Å². The van der Waals surface area contributed by atoms with E-state index in [1.807, 2.05) is 12.1 Å². The molecule has 0 aliphatic heterocycles. The summed E-state index contributed by atoms with van der Waals surface area (Å²) in [6, 6.07) is 18.0. The molecule has 0 aromatic heterocycles. The standard InChI is InChI=1S/C24H25O8P.Na/c1-28-18-12-9-17(10-13-18)11-14-21(25)24-22(30-3)15-20(29-2)16-23(24)32-33(26,27)31-19-7-5-4-6-8-19;/h4-10,12-13,15-16H,11,14H2,1-3H3,(H,26,27);/q;+1/p-1. The van der Waals surface area contributed by atoms with Crippen LogP contribution in [0.15, 0.2) is 66.7 Å². The van der Waals surface area contributed by atoms with Crippen molar-refractivity contribution in [2.24, 2.45) is 0 Å². The molecule has 3 rings (SSSR count). The average molecular weight is 494 g/mol. The third-order valence-corrected chi connectivity index (χ3v) is 5.60. The van der Waals surface area contributed by atoms with E-state index in [4.69, 9.17) is 23.3 Å². The van der Waals surface area contributed by atoms with Crippen molar-refractivity contribution in [3.05, 3.63) is 77.9 Å². The summed E-state index contributed by atoms with van der Waals surface area (Å²) >= 11 is 0. The van der Waals surface area contributed by atoms with Crippen LogP contribution in [0.5, 0.6) is 28.7 Å². The van der Waals surface area contributed by atoms with Gasteiger partial charge in [0.2, 0.25) is 0 Å². The molecule has 34 heavy (non-hydrogen) atoms. The van der Waals surface area contributed by atoms with Crippen LogP contribution in [0.3, 0.4) is 0 Å². The van der Waals surface area contributed by atoms with E-state index in [0.29, 0.717) is 12.2 Å². The molecule has 3 aromatic carbocycles. The average Bonchev–Trinajstić information content (AvgIpc) is 2.82. The van der Waals surface area contributed by atoms with Gasteiger partial charge in [0.25, 0.3) is 0 Å². The molecule has 3 aromatic rings. The van der Waals surface area contributed by atoms with Gasteiger partial charge in [0.1, 0.15) is 34.3 Å². The third-order valence-electron chi connectivity index (χ3n) is 4.74. The van der Waals surface area contributed by atoms with Crippen molar-refractivity contribution < 1.29 is 67.1 Å². The minimum absolute atomic E-state index is 0. The van der Waals surface area contributed by atoms with Gasteiger partial charge in [-0.2, -0.15) is 0 Å². The van der Waals surface area contributed by atoms with Gasteiger partial charge in [-0.25, -0.2) is 4.57 Å². The number of Topliss-reactive ketones (excluding diaryl/α,β-unsaturated/α-hetero) is 1. The van der Waals surface area contributed by atoms with Gasteiger partial charge in [0, 0.05) is 18.6 Å². The molecule has 0 spiro atoms. The van der Waals surface area contributed by atoms with E-state index in [1.165, 1.54) is 38.5 Å². The van der Waals surface area contributed by atoms with Crippen molar-refractivity contribution in [2.75, 3.05) is 21.3 Å². The maximum atomic E-state index is 13.1. The van der Waals surface area contributed by atoms with E-state index < -0.39 is 7.82 Å². The smallest absolute Gasteiger partial charge is 0.736 e. The topological polar surface area (TPSA) is 103 Å². The summed E-state index contributed by atoms with van der Waals surface area (Å²) in [5, 5.41) is 0. The summed E-state index contributed by atoms with van der Waals surface area (Å²) in [5.41, 5.74) is 0.903. The second-order valence-corrected chi connectivity index (χ2v) is 8.18. The molecule has 10 heteroatoms. The van der Waals surface area contributed by atoms with Crippen LogP contribution in [0.2, 0.25) is 0 Å². The van der Waals surface area contributed by atoms with Gasteiger partial charge < -0.3 is 28.2 Å². The summed E-state index contributed by atoms with van der Waals surface area (Å²) in [5.74, 6) is 0.581. The number of ether oxygens (including phenoxy) is 3. The van der Waals surface area contributed by atoms with Gasteiger partial charge in [-0.3, -0.25) is 4.79 Å². The number of rotatable bonds is 11. The molecule has 0 saturated heterocycles. The van der Waals surface area contributed by atoms with Crippen molar-refractivity contribution >= 4 is 13.6 Å². The Labute approximate surface area is 220 Å². The molecule has 0 saturated carbocycles. The monoisotopic (exact) mass is 494 g/mol. The van der Waals surface area contributed by atoms with Crippen LogP contribution >= 0.6 is 7.82 Å². The first kappa shape index (κ1) is 27.8. The molecule has 1 unspecified atom stereocenters. The second kappa shape index (κ2) is 12.8. The zero-order chi connectivity index (χ0) is 23.8. The van der Waals surface area contributed by atoms with E-state index >= 15 is 0 Å². The minimum atomic E-state index is -4.88. The molecular weight excluding hydrogens is 470 g/mol. The Morgan fingerprint density at radius 1 is 0.794 bits per heavy atom. The summed E-state index contributed by atoms with van der Waals surface area (Å²) in [6.45, 7) is 0. The number of hydrogen-bond donors (Lipinski definition) is 0. The predicted octanol–water partition coefficient (Wildman–Crippen LogP) is 1.46. The number of ketones is 1. The third kappa shape index (κ3) is 7.52. The first-order valence-corrected chi connectivity index (χ1v) is 11.5. The van der Waals surface area contributed by atoms with Crippen LogP contribution in [0, 0.1) is 0 Å². The van der Waals surface area contributed by atoms with Crippen LogP contribution in [0.4, 0.5) is 0 Å². The van der Waals surface area contributed by atoms with E-state index in [2.05, 4.69) is 0 Å². The van der Waals surface area contributed by atoms with Crippen LogP contribution in [0.25, 0.3) is 0 Å². The zero-order valence-electron chi connectivity index (χ0n) is 19.5. The maximum Gasteiger partial charge on any atom is 1.00 e. The number of benzene rings is 3. The summed E-state index contributed by atoms with van der Waals surface area (Å²) in [6.07, 6.45) is 0.515. The van der Waals surface area contributed by atoms with Gasteiger partial charge in [0.05, 0.1) is 21.3 Å². The van der Waals surface area contributed by atoms with Gasteiger partial charge in [-0.1, -0.05) is 30.3 Å². The van der Waals surface area contributed by atoms with Crippen LogP contribution in [0.1, 0.15) is 22.3 Å². The molecule has 0 bridgehead atoms. The van der Waals surface area contributed by atoms with E-state index in [9.17, 15) is 14.3 Å². The van der Waals surface area contributed by atoms with Crippen molar-refractivity contribution in [3.8, 4) is 28.7 Å². The molecular formula is C24H24NaO8P. The van der Waals surface area contributed by atoms with E-state index in [-0.39, 0.29) is 70.3 Å². The van der Waals surface area contributed by atoms with Crippen molar-refractivity contribution in [1.29, 1.82) is 0 Å². The van der Waals surface area contributed by atoms with Crippen LogP contribution in [-0.4, -0.2) is 27.1 Å². The van der Waals surface area contributed by atoms with Crippen molar-refractivity contribution in [2.45, 2.75) is 12.8 Å². The fraction of sp³-hybridized carbons (Fsp3) is 0.208. The van der Waals surface area contributed by atoms with Crippen LogP contribution < -0.4 is 57.7 Å². The summed E-state index contributed by atoms with van der Waals surface area (Å²) < 4.78 is 38.5. The number of phosphoric acid groups is 1. The molecule has 0 heterocycles. The number of hydrogen-bond acceptors (Lipinski definition) is 8. The number of aryl methyl sites for hydroxylation is 1. The molecule has 1 atom stereocenters. The Morgan fingerprint density at radius 3 is 2.00 bits per heavy atom. The number of carbonyl (C=O) groups is 1. The van der Waals surface area contributed by atoms with E-state index in [1.54, 1.807) is 37.4 Å². The molecule has 0 N–H and O–H groups in total. The number of carbonyl (C=O) groups excluding carboxylic acids is 1. The maximum absolute atomic E-state index is 13.1. The van der Waals surface area contributed by atoms with Crippen molar-refractivity contribution in [1.82, 2.24) is 0 Å². The first-order valence-electron chi connectivity index (χ1n) is 10.0. The second-order valence-electron chi connectivity index (χ2n) is 6.92. The fourth-order valence-corrected chi connectivity index (χ4v) is 3.92. The normalized spacial score (nSPS) is 12.0. The molecule has 174 valence electrons.